The Morgan fingerprint density at radius 1 is 1.20 bits per heavy atom. The Balaban J connectivity index is 1.23. The number of piperidine rings is 1. The summed E-state index contributed by atoms with van der Waals surface area (Å²) in [5, 5.41) is 7.59. The van der Waals surface area contributed by atoms with Crippen LogP contribution in [-0.2, 0) is 14.9 Å². The molecule has 11 nitrogen and oxygen atoms in total. The number of likely N-dealkylation sites (tertiary alicyclic amines) is 1. The van der Waals surface area contributed by atoms with E-state index in [1.165, 1.54) is 30.5 Å². The Bertz CT molecular complexity index is 1470. The van der Waals surface area contributed by atoms with Gasteiger partial charge < -0.3 is 25.4 Å². The van der Waals surface area contributed by atoms with Crippen LogP contribution in [0.25, 0.3) is 0 Å². The molecule has 14 heteroatoms. The van der Waals surface area contributed by atoms with Crippen molar-refractivity contribution in [1.82, 2.24) is 24.6 Å². The van der Waals surface area contributed by atoms with E-state index >= 15 is 0 Å². The number of rotatable bonds is 7. The summed E-state index contributed by atoms with van der Waals surface area (Å²) in [4.78, 5) is 34.4. The second kappa shape index (κ2) is 10.4. The van der Waals surface area contributed by atoms with Crippen molar-refractivity contribution < 1.29 is 27.8 Å². The number of nitrogens with one attached hydrogen (secondary N) is 1. The largest absolute Gasteiger partial charge is 0.444 e. The van der Waals surface area contributed by atoms with E-state index in [-0.39, 0.29) is 40.3 Å². The van der Waals surface area contributed by atoms with E-state index in [4.69, 9.17) is 26.8 Å². The van der Waals surface area contributed by atoms with Crippen LogP contribution in [0.5, 0.6) is 11.6 Å². The Morgan fingerprint density at radius 2 is 1.90 bits per heavy atom. The molecule has 0 radical (unpaired) electrons. The Labute approximate surface area is 240 Å². The number of nitrogens with two attached hydrogens (primary N) is 1. The fourth-order valence-electron chi connectivity index (χ4n) is 4.80. The van der Waals surface area contributed by atoms with Crippen LogP contribution in [0, 0.1) is 0 Å². The molecule has 2 amide bonds. The number of benzene rings is 1. The van der Waals surface area contributed by atoms with Crippen LogP contribution in [0.1, 0.15) is 51.6 Å². The lowest BCUT2D eigenvalue weighted by Crippen LogP contribution is -2.42. The van der Waals surface area contributed by atoms with Gasteiger partial charge in [0.1, 0.15) is 21.8 Å². The molecule has 0 bridgehead atoms. The average molecular weight is 590 g/mol. The van der Waals surface area contributed by atoms with E-state index in [1.807, 2.05) is 31.6 Å². The van der Waals surface area contributed by atoms with Gasteiger partial charge in [-0.3, -0.25) is 9.48 Å². The number of nitrogens with zero attached hydrogens (tertiary/aromatic N) is 5. The monoisotopic (exact) mass is 589 g/mol. The van der Waals surface area contributed by atoms with Crippen LogP contribution in [0.2, 0.25) is 5.02 Å². The summed E-state index contributed by atoms with van der Waals surface area (Å²) in [6.07, 6.45) is 5.25. The number of aromatic nitrogens is 4. The third-order valence-electron chi connectivity index (χ3n) is 7.01. The number of hydrogen-bond acceptors (Lipinski definition) is 8. The summed E-state index contributed by atoms with van der Waals surface area (Å²) in [5.74, 6) is -4.01. The van der Waals surface area contributed by atoms with Crippen molar-refractivity contribution in [2.75, 3.05) is 18.4 Å². The molecule has 2 aliphatic rings. The predicted molar refractivity (Wildman–Crippen MR) is 146 cm³/mol. The number of halogens is 3. The second-order valence-electron chi connectivity index (χ2n) is 11.2. The van der Waals surface area contributed by atoms with Crippen LogP contribution < -0.4 is 15.8 Å². The molecule has 3 aromatic rings. The maximum absolute atomic E-state index is 14.1. The molecule has 1 atom stereocenters. The highest BCUT2D eigenvalue weighted by Gasteiger charge is 2.76. The molecule has 1 unspecified atom stereocenters. The molecule has 3 N–H and O–H groups in total. The minimum absolute atomic E-state index is 0.0149. The highest BCUT2D eigenvalue weighted by molar-refractivity contribution is 6.31. The molecule has 1 aliphatic heterocycles. The third-order valence-corrected chi connectivity index (χ3v) is 7.27. The molecule has 1 saturated carbocycles. The van der Waals surface area contributed by atoms with Crippen molar-refractivity contribution >= 4 is 35.2 Å². The first kappa shape index (κ1) is 28.5. The lowest BCUT2D eigenvalue weighted by Gasteiger charge is -2.33. The van der Waals surface area contributed by atoms with Crippen molar-refractivity contribution in [2.24, 2.45) is 5.73 Å². The standard InChI is InChI=1S/C27H30ClF2N7O4/c1-25(2,3)41-24(39)36-9-7-18(8-10-36)37-14-17(12-33-37)34-23-32-13-20(28)21(35-23)40-19-6-4-5-16(11-19)26(22(31)38)15-27(26,29)30/h4-6,11-14,18H,7-10,15H2,1-3H3,(H2,31,38)(H,32,34,35). The smallest absolute Gasteiger partial charge is 0.410 e. The lowest BCUT2D eigenvalue weighted by molar-refractivity contribution is -0.123. The molecular formula is C27H30ClF2N7O4. The number of carbonyl (C=O) groups excluding carboxylic acids is 2. The van der Waals surface area contributed by atoms with Crippen LogP contribution in [0.4, 0.5) is 25.2 Å². The number of hydrogen-bond donors (Lipinski definition) is 2. The van der Waals surface area contributed by atoms with E-state index in [2.05, 4.69) is 20.4 Å². The van der Waals surface area contributed by atoms with Crippen molar-refractivity contribution in [3.8, 4) is 11.6 Å². The Morgan fingerprint density at radius 3 is 2.54 bits per heavy atom. The van der Waals surface area contributed by atoms with Crippen LogP contribution in [0.15, 0.2) is 42.9 Å². The van der Waals surface area contributed by atoms with Crippen molar-refractivity contribution in [1.29, 1.82) is 0 Å². The predicted octanol–water partition coefficient (Wildman–Crippen LogP) is 5.20. The maximum atomic E-state index is 14.1. The zero-order valence-corrected chi connectivity index (χ0v) is 23.5. The second-order valence-corrected chi connectivity index (χ2v) is 11.6. The third kappa shape index (κ3) is 5.90. The molecule has 1 aromatic carbocycles. The van der Waals surface area contributed by atoms with E-state index in [0.717, 1.165) is 12.8 Å². The van der Waals surface area contributed by atoms with Gasteiger partial charge in [0.25, 0.3) is 5.92 Å². The zero-order chi connectivity index (χ0) is 29.6. The first-order chi connectivity index (χ1) is 19.3. The quantitative estimate of drug-likeness (QED) is 0.384. The molecule has 41 heavy (non-hydrogen) atoms. The van der Waals surface area contributed by atoms with Gasteiger partial charge in [0.05, 0.1) is 24.1 Å². The Hall–Kier alpha value is -4.00. The van der Waals surface area contributed by atoms with Crippen molar-refractivity contribution in [3.05, 3.63) is 53.4 Å². The summed E-state index contributed by atoms with van der Waals surface area (Å²) >= 11 is 6.24. The summed E-state index contributed by atoms with van der Waals surface area (Å²) < 4.78 is 41.2. The van der Waals surface area contributed by atoms with Gasteiger partial charge in [-0.25, -0.2) is 18.6 Å². The first-order valence-corrected chi connectivity index (χ1v) is 13.4. The number of ether oxygens (including phenoxy) is 2. The lowest BCUT2D eigenvalue weighted by atomic mass is 9.94. The summed E-state index contributed by atoms with van der Waals surface area (Å²) in [7, 11) is 0. The normalized spacial score (nSPS) is 20.4. The van der Waals surface area contributed by atoms with Gasteiger partial charge in [0.2, 0.25) is 17.7 Å². The van der Waals surface area contributed by atoms with E-state index in [9.17, 15) is 18.4 Å². The minimum atomic E-state index is -3.22. The van der Waals surface area contributed by atoms with Gasteiger partial charge in [-0.15, -0.1) is 0 Å². The number of amides is 2. The first-order valence-electron chi connectivity index (χ1n) is 13.1. The Kier molecular flexibility index (Phi) is 7.26. The van der Waals surface area contributed by atoms with Gasteiger partial charge in [-0.05, 0) is 51.3 Å². The minimum Gasteiger partial charge on any atom is -0.444 e. The molecule has 218 valence electrons. The van der Waals surface area contributed by atoms with Gasteiger partial charge in [-0.2, -0.15) is 10.1 Å². The summed E-state index contributed by atoms with van der Waals surface area (Å²) in [5.41, 5.74) is 3.39. The van der Waals surface area contributed by atoms with Gasteiger partial charge in [-0.1, -0.05) is 23.7 Å². The molecule has 1 aliphatic carbocycles. The van der Waals surface area contributed by atoms with E-state index in [0.29, 0.717) is 18.8 Å². The number of primary amides is 1. The summed E-state index contributed by atoms with van der Waals surface area (Å²) in [6.45, 7) is 6.63. The summed E-state index contributed by atoms with van der Waals surface area (Å²) in [6, 6.07) is 5.86. The van der Waals surface area contributed by atoms with Gasteiger partial charge in [0, 0.05) is 25.7 Å². The van der Waals surface area contributed by atoms with Crippen LogP contribution in [0.3, 0.4) is 0 Å². The average Bonchev–Trinajstić information content (AvgIpc) is 3.23. The van der Waals surface area contributed by atoms with Crippen molar-refractivity contribution in [3.63, 3.8) is 0 Å². The number of carbonyl (C=O) groups is 2. The molecule has 2 fully saturated rings. The topological polar surface area (TPSA) is 137 Å². The van der Waals surface area contributed by atoms with Gasteiger partial charge >= 0.3 is 6.09 Å². The SMILES string of the molecule is CC(C)(C)OC(=O)N1CCC(n2cc(Nc3ncc(Cl)c(Oc4cccc(C5(C(N)=O)CC5(F)F)c4)n3)cn2)CC1. The zero-order valence-electron chi connectivity index (χ0n) is 22.7. The fraction of sp³-hybridized carbons (Fsp3) is 0.444. The molecular weight excluding hydrogens is 560 g/mol. The van der Waals surface area contributed by atoms with E-state index < -0.39 is 29.3 Å². The number of anilines is 2. The molecule has 5 rings (SSSR count). The fourth-order valence-corrected chi connectivity index (χ4v) is 4.93. The number of alkyl halides is 2. The maximum Gasteiger partial charge on any atom is 0.410 e. The molecule has 1 saturated heterocycles. The molecule has 2 aromatic heterocycles. The van der Waals surface area contributed by atoms with Gasteiger partial charge in [0.15, 0.2) is 0 Å². The van der Waals surface area contributed by atoms with Crippen LogP contribution >= 0.6 is 11.6 Å². The highest BCUT2D eigenvalue weighted by atomic mass is 35.5. The highest BCUT2D eigenvalue weighted by Crippen LogP contribution is 2.61. The van der Waals surface area contributed by atoms with Crippen molar-refractivity contribution in [2.45, 2.75) is 63.0 Å². The van der Waals surface area contributed by atoms with Crippen LogP contribution in [-0.4, -0.2) is 61.3 Å². The molecule has 3 heterocycles. The van der Waals surface area contributed by atoms with E-state index in [1.54, 1.807) is 11.1 Å². The molecule has 0 spiro atoms.